The van der Waals surface area contributed by atoms with Gasteiger partial charge in [0, 0.05) is 37.5 Å². The normalized spacial score (nSPS) is 24.7. The van der Waals surface area contributed by atoms with Crippen LogP contribution in [-0.2, 0) is 10.7 Å². The highest BCUT2D eigenvalue weighted by molar-refractivity contribution is 5.74. The second kappa shape index (κ2) is 12.9. The summed E-state index contributed by atoms with van der Waals surface area (Å²) in [6.45, 7) is 7.81. The predicted octanol–water partition coefficient (Wildman–Crippen LogP) is 7.32. The molecule has 0 spiro atoms. The topological polar surface area (TPSA) is 43.8 Å². The van der Waals surface area contributed by atoms with Crippen LogP contribution in [0.5, 0.6) is 0 Å². The van der Waals surface area contributed by atoms with E-state index in [0.717, 1.165) is 56.4 Å². The minimum atomic E-state index is -2.81. The molecule has 0 bridgehead atoms. The van der Waals surface area contributed by atoms with Gasteiger partial charge in [-0.3, -0.25) is 9.69 Å². The summed E-state index contributed by atoms with van der Waals surface area (Å²) >= 11 is 0. The Morgan fingerprint density at radius 1 is 1.05 bits per heavy atom. The van der Waals surface area contributed by atoms with E-state index in [2.05, 4.69) is 16.7 Å². The molecule has 1 N–H and O–H groups in total. The number of halogens is 3. The molecule has 0 aromatic heterocycles. The lowest BCUT2D eigenvalue weighted by Gasteiger charge is -2.38. The first-order valence-corrected chi connectivity index (χ1v) is 15.5. The molecular weight excluding hydrogens is 525 g/mol. The first-order chi connectivity index (χ1) is 19.6. The quantitative estimate of drug-likeness (QED) is 0.307. The highest BCUT2D eigenvalue weighted by Crippen LogP contribution is 2.41. The minimum Gasteiger partial charge on any atom is -0.480 e. The lowest BCUT2D eigenvalue weighted by Crippen LogP contribution is -2.48. The van der Waals surface area contributed by atoms with Crippen LogP contribution in [0.25, 0.3) is 0 Å². The molecule has 0 amide bonds. The van der Waals surface area contributed by atoms with E-state index in [-0.39, 0.29) is 41.5 Å². The van der Waals surface area contributed by atoms with E-state index < -0.39 is 17.9 Å². The van der Waals surface area contributed by atoms with Crippen molar-refractivity contribution in [2.75, 3.05) is 32.7 Å². The van der Waals surface area contributed by atoms with E-state index in [1.165, 1.54) is 12.5 Å². The van der Waals surface area contributed by atoms with Gasteiger partial charge in [0.1, 0.15) is 11.9 Å². The number of aliphatic carboxylic acids is 1. The summed E-state index contributed by atoms with van der Waals surface area (Å²) in [5.74, 6) is -2.76. The second-order valence-electron chi connectivity index (χ2n) is 13.1. The number of nitrogens with zero attached hydrogens (tertiary/aromatic N) is 2. The molecule has 3 fully saturated rings. The van der Waals surface area contributed by atoms with Crippen molar-refractivity contribution in [1.82, 2.24) is 9.80 Å². The van der Waals surface area contributed by atoms with Crippen molar-refractivity contribution in [2.45, 2.75) is 76.7 Å². The lowest BCUT2D eigenvalue weighted by molar-refractivity contribution is -0.146. The number of rotatable bonds is 11. The summed E-state index contributed by atoms with van der Waals surface area (Å²) in [6.07, 6.45) is 5.54. The maximum Gasteiger partial charge on any atom is 0.321 e. The fourth-order valence-electron chi connectivity index (χ4n) is 7.49. The van der Waals surface area contributed by atoms with Crippen LogP contribution >= 0.6 is 0 Å². The van der Waals surface area contributed by atoms with Crippen LogP contribution in [0.1, 0.15) is 74.5 Å². The van der Waals surface area contributed by atoms with Gasteiger partial charge in [-0.25, -0.2) is 13.2 Å². The average Bonchev–Trinajstić information content (AvgIpc) is 3.30. The number of aryl methyl sites for hydroxylation is 1. The predicted molar refractivity (Wildman–Crippen MR) is 156 cm³/mol. The smallest absolute Gasteiger partial charge is 0.321 e. The van der Waals surface area contributed by atoms with Crippen molar-refractivity contribution in [1.29, 1.82) is 0 Å². The van der Waals surface area contributed by atoms with Gasteiger partial charge in [0.05, 0.1) is 0 Å². The Bertz CT molecular complexity index is 1160. The zero-order chi connectivity index (χ0) is 29.1. The molecule has 2 aromatic carbocycles. The first kappa shape index (κ1) is 30.1. The van der Waals surface area contributed by atoms with Gasteiger partial charge in [0.2, 0.25) is 0 Å². The number of carboxylic acids is 1. The number of alkyl halides is 2. The fraction of sp³-hybridized carbons (Fsp3) is 0.618. The maximum atomic E-state index is 14.8. The Hall–Kier alpha value is -2.38. The third-order valence-corrected chi connectivity index (χ3v) is 10.3. The van der Waals surface area contributed by atoms with Crippen molar-refractivity contribution in [3.63, 3.8) is 0 Å². The Balaban J connectivity index is 1.20. The molecule has 1 saturated carbocycles. The highest BCUT2D eigenvalue weighted by Gasteiger charge is 2.44. The molecule has 0 radical (unpaired) electrons. The molecule has 7 heteroatoms. The van der Waals surface area contributed by atoms with Crippen molar-refractivity contribution in [3.8, 4) is 0 Å². The van der Waals surface area contributed by atoms with Crippen LogP contribution in [0, 0.1) is 36.4 Å². The third-order valence-electron chi connectivity index (χ3n) is 10.3. The van der Waals surface area contributed by atoms with Gasteiger partial charge in [-0.15, -0.1) is 0 Å². The second-order valence-corrected chi connectivity index (χ2v) is 13.1. The van der Waals surface area contributed by atoms with Gasteiger partial charge >= 0.3 is 5.97 Å². The molecule has 3 aliphatic rings. The highest BCUT2D eigenvalue weighted by atomic mass is 19.3. The summed E-state index contributed by atoms with van der Waals surface area (Å²) in [4.78, 5) is 17.0. The molecule has 2 aliphatic heterocycles. The minimum absolute atomic E-state index is 0.0621. The summed E-state index contributed by atoms with van der Waals surface area (Å²) in [5.41, 5.74) is 2.01. The summed E-state index contributed by atoms with van der Waals surface area (Å²) in [5, 5.41) is 10.2. The molecule has 2 aromatic rings. The number of likely N-dealkylation sites (tertiary alicyclic amines) is 2. The van der Waals surface area contributed by atoms with Crippen molar-refractivity contribution in [3.05, 3.63) is 71.0 Å². The van der Waals surface area contributed by atoms with Crippen molar-refractivity contribution >= 4 is 5.97 Å². The zero-order valence-corrected chi connectivity index (χ0v) is 24.5. The average molecular weight is 571 g/mol. The number of hydrogen-bond acceptors (Lipinski definition) is 3. The fourth-order valence-corrected chi connectivity index (χ4v) is 7.49. The molecule has 2 heterocycles. The monoisotopic (exact) mass is 570 g/mol. The van der Waals surface area contributed by atoms with E-state index in [0.29, 0.717) is 25.4 Å². The first-order valence-electron chi connectivity index (χ1n) is 15.5. The van der Waals surface area contributed by atoms with Gasteiger partial charge in [-0.1, -0.05) is 68.1 Å². The van der Waals surface area contributed by atoms with Gasteiger partial charge in [-0.2, -0.15) is 0 Å². The number of piperidine rings is 1. The van der Waals surface area contributed by atoms with Gasteiger partial charge in [-0.05, 0) is 80.6 Å². The summed E-state index contributed by atoms with van der Waals surface area (Å²) in [6, 6.07) is 12.8. The largest absolute Gasteiger partial charge is 0.480 e. The molecule has 2 saturated heterocycles. The van der Waals surface area contributed by atoms with Crippen LogP contribution in [0.15, 0.2) is 48.5 Å². The number of carbonyl (C=O) groups is 1. The SMILES string of the molecule is Cc1ccc(C(F)(F)CCC2CCN(C[C@H]3CN([C@@H](C(=O)O)[C@@H](C)C4CCC4)C[C@@H]3c3cccc(F)c3)CC2)cc1. The number of carboxylic acid groups (broad SMARTS) is 1. The molecule has 41 heavy (non-hydrogen) atoms. The summed E-state index contributed by atoms with van der Waals surface area (Å²) < 4.78 is 43.9. The standard InChI is InChI=1S/C34H45F3N2O2/c1-23-9-11-29(12-10-23)34(36,37)16-13-25-14-17-38(18-15-25)20-28-21-39(22-31(28)27-7-4-8-30(35)19-27)32(33(40)41)24(2)26-5-3-6-26/h4,7-12,19,24-26,28,31-32H,3,5-6,13-18,20-22H2,1-2H3,(H,40,41)/t24-,28-,31+,32+/m0/s1. The van der Waals surface area contributed by atoms with Crippen LogP contribution in [0.4, 0.5) is 13.2 Å². The Morgan fingerprint density at radius 3 is 2.37 bits per heavy atom. The van der Waals surface area contributed by atoms with Crippen LogP contribution in [0.2, 0.25) is 0 Å². The van der Waals surface area contributed by atoms with Gasteiger partial charge in [0.15, 0.2) is 0 Å². The van der Waals surface area contributed by atoms with Gasteiger partial charge < -0.3 is 10.0 Å². The lowest BCUT2D eigenvalue weighted by atomic mass is 9.73. The molecular formula is C34H45F3N2O2. The van der Waals surface area contributed by atoms with Gasteiger partial charge in [0.25, 0.3) is 5.92 Å². The van der Waals surface area contributed by atoms with Crippen LogP contribution in [0.3, 0.4) is 0 Å². The van der Waals surface area contributed by atoms with Crippen molar-refractivity contribution in [2.24, 2.45) is 23.7 Å². The Kier molecular flexibility index (Phi) is 9.44. The van der Waals surface area contributed by atoms with E-state index in [1.807, 2.05) is 13.0 Å². The molecule has 5 rings (SSSR count). The van der Waals surface area contributed by atoms with Crippen LogP contribution < -0.4 is 0 Å². The molecule has 4 atom stereocenters. The van der Waals surface area contributed by atoms with E-state index >= 15 is 0 Å². The summed E-state index contributed by atoms with van der Waals surface area (Å²) in [7, 11) is 0. The van der Waals surface area contributed by atoms with E-state index in [1.54, 1.807) is 36.4 Å². The third kappa shape index (κ3) is 7.16. The van der Waals surface area contributed by atoms with E-state index in [9.17, 15) is 23.1 Å². The number of benzene rings is 2. The van der Waals surface area contributed by atoms with E-state index in [4.69, 9.17) is 0 Å². The molecule has 224 valence electrons. The zero-order valence-electron chi connectivity index (χ0n) is 24.5. The van der Waals surface area contributed by atoms with Crippen molar-refractivity contribution < 1.29 is 23.1 Å². The number of hydrogen-bond donors (Lipinski definition) is 1. The van der Waals surface area contributed by atoms with Crippen LogP contribution in [-0.4, -0.2) is 59.6 Å². The Morgan fingerprint density at radius 2 is 1.76 bits per heavy atom. The molecule has 4 nitrogen and oxygen atoms in total. The Labute approximate surface area is 242 Å². The molecule has 0 unspecified atom stereocenters. The molecule has 1 aliphatic carbocycles. The maximum absolute atomic E-state index is 14.8.